The van der Waals surface area contributed by atoms with Crippen molar-refractivity contribution in [1.29, 1.82) is 0 Å². The summed E-state index contributed by atoms with van der Waals surface area (Å²) in [4.78, 5) is 26.5. The lowest BCUT2D eigenvalue weighted by Crippen LogP contribution is -2.30. The Balaban J connectivity index is 1.71. The molecule has 0 radical (unpaired) electrons. The summed E-state index contributed by atoms with van der Waals surface area (Å²) in [6.07, 6.45) is 2.64. The quantitative estimate of drug-likeness (QED) is 0.443. The molecule has 0 aliphatic carbocycles. The lowest BCUT2D eigenvalue weighted by molar-refractivity contribution is -0.144. The summed E-state index contributed by atoms with van der Waals surface area (Å²) in [5, 5.41) is 0. The van der Waals surface area contributed by atoms with E-state index in [0.29, 0.717) is 6.61 Å². The van der Waals surface area contributed by atoms with Crippen LogP contribution in [-0.2, 0) is 38.5 Å². The number of hydrogen-bond donors (Lipinski definition) is 0. The molecule has 5 heteroatoms. The van der Waals surface area contributed by atoms with Crippen LogP contribution in [0.15, 0.2) is 48.5 Å². The summed E-state index contributed by atoms with van der Waals surface area (Å²) in [6, 6.07) is 15.4. The zero-order chi connectivity index (χ0) is 22.5. The molecule has 0 saturated carbocycles. The van der Waals surface area contributed by atoms with Gasteiger partial charge in [-0.2, -0.15) is 0 Å². The molecule has 0 saturated heterocycles. The molecule has 168 valence electrons. The number of rotatable bonds is 13. The van der Waals surface area contributed by atoms with Crippen LogP contribution in [0.25, 0.3) is 0 Å². The first-order chi connectivity index (χ1) is 15.0. The highest BCUT2D eigenvalue weighted by molar-refractivity contribution is 5.74. The molecule has 2 aromatic carbocycles. The van der Waals surface area contributed by atoms with Crippen LogP contribution in [0.4, 0.5) is 0 Å². The van der Waals surface area contributed by atoms with Crippen molar-refractivity contribution in [3.63, 3.8) is 0 Å². The fourth-order valence-corrected chi connectivity index (χ4v) is 3.43. The van der Waals surface area contributed by atoms with Crippen LogP contribution in [0.2, 0.25) is 0 Å². The molecule has 2 aromatic rings. The smallest absolute Gasteiger partial charge is 0.310 e. The van der Waals surface area contributed by atoms with E-state index in [-0.39, 0.29) is 31.4 Å². The van der Waals surface area contributed by atoms with Gasteiger partial charge in [0.1, 0.15) is 13.2 Å². The molecule has 0 unspecified atom stereocenters. The van der Waals surface area contributed by atoms with Gasteiger partial charge in [-0.15, -0.1) is 0 Å². The topological polar surface area (TPSA) is 55.8 Å². The van der Waals surface area contributed by atoms with Crippen LogP contribution < -0.4 is 0 Å². The van der Waals surface area contributed by atoms with E-state index < -0.39 is 0 Å². The summed E-state index contributed by atoms with van der Waals surface area (Å²) >= 11 is 0. The van der Waals surface area contributed by atoms with Crippen LogP contribution in [0, 0.1) is 6.92 Å². The van der Waals surface area contributed by atoms with E-state index in [4.69, 9.17) is 9.47 Å². The second kappa shape index (κ2) is 13.6. The molecule has 0 fully saturated rings. The van der Waals surface area contributed by atoms with Crippen molar-refractivity contribution in [1.82, 2.24) is 4.90 Å². The lowest BCUT2D eigenvalue weighted by atomic mass is 10.1. The Bertz CT molecular complexity index is 810. The van der Waals surface area contributed by atoms with Crippen molar-refractivity contribution in [3.8, 4) is 0 Å². The summed E-state index contributed by atoms with van der Waals surface area (Å²) in [5.74, 6) is -0.490. The highest BCUT2D eigenvalue weighted by Crippen LogP contribution is 2.10. The molecule has 2 rings (SSSR count). The number of hydrogen-bond acceptors (Lipinski definition) is 5. The van der Waals surface area contributed by atoms with Gasteiger partial charge < -0.3 is 9.47 Å². The van der Waals surface area contributed by atoms with Crippen molar-refractivity contribution >= 4 is 11.9 Å². The van der Waals surface area contributed by atoms with E-state index in [1.807, 2.05) is 55.5 Å². The number of ether oxygens (including phenoxy) is 2. The highest BCUT2D eigenvalue weighted by Gasteiger charge is 2.09. The molecule has 5 nitrogen and oxygen atoms in total. The molecule has 0 aromatic heterocycles. The third-order valence-corrected chi connectivity index (χ3v) is 4.95. The minimum atomic E-state index is -0.266. The van der Waals surface area contributed by atoms with Gasteiger partial charge in [0.25, 0.3) is 0 Å². The van der Waals surface area contributed by atoms with Crippen LogP contribution in [0.1, 0.15) is 48.9 Å². The van der Waals surface area contributed by atoms with Gasteiger partial charge in [0.05, 0.1) is 12.8 Å². The number of benzene rings is 2. The molecule has 0 atom stereocenters. The normalized spacial score (nSPS) is 10.8. The first kappa shape index (κ1) is 24.6. The van der Waals surface area contributed by atoms with Gasteiger partial charge in [-0.05, 0) is 49.5 Å². The van der Waals surface area contributed by atoms with Crippen LogP contribution >= 0.6 is 0 Å². The van der Waals surface area contributed by atoms with E-state index in [2.05, 4.69) is 18.7 Å². The second-order valence-corrected chi connectivity index (χ2v) is 7.88. The Kier molecular flexibility index (Phi) is 10.8. The largest absolute Gasteiger partial charge is 0.464 e. The van der Waals surface area contributed by atoms with Gasteiger partial charge in [0.15, 0.2) is 0 Å². The highest BCUT2D eigenvalue weighted by atomic mass is 16.5. The van der Waals surface area contributed by atoms with Crippen molar-refractivity contribution in [2.45, 2.75) is 53.1 Å². The number of aryl methyl sites for hydroxylation is 1. The minimum Gasteiger partial charge on any atom is -0.464 e. The maximum atomic E-state index is 12.1. The Morgan fingerprint density at radius 2 is 1.35 bits per heavy atom. The van der Waals surface area contributed by atoms with Crippen LogP contribution in [-0.4, -0.2) is 43.1 Å². The SMILES string of the molecule is CCCN(CCC)CCOC(=O)Cc1ccc(CC(=O)OCc2cccc(C)c2)cc1. The maximum Gasteiger partial charge on any atom is 0.310 e. The van der Waals surface area contributed by atoms with Crippen LogP contribution in [0.3, 0.4) is 0 Å². The summed E-state index contributed by atoms with van der Waals surface area (Å²) in [7, 11) is 0. The van der Waals surface area contributed by atoms with Gasteiger partial charge in [-0.1, -0.05) is 67.9 Å². The van der Waals surface area contributed by atoms with Crippen LogP contribution in [0.5, 0.6) is 0 Å². The average molecular weight is 426 g/mol. The molecule has 0 aliphatic rings. The molecule has 0 amide bonds. The molecule has 0 bridgehead atoms. The molecule has 0 spiro atoms. The fraction of sp³-hybridized carbons (Fsp3) is 0.462. The van der Waals surface area contributed by atoms with E-state index in [1.54, 1.807) is 0 Å². The van der Waals surface area contributed by atoms with E-state index in [0.717, 1.165) is 54.7 Å². The molecule has 31 heavy (non-hydrogen) atoms. The predicted octanol–water partition coefficient (Wildman–Crippen LogP) is 4.49. The Hall–Kier alpha value is -2.66. The maximum absolute atomic E-state index is 12.1. The van der Waals surface area contributed by atoms with E-state index >= 15 is 0 Å². The number of nitrogens with zero attached hydrogens (tertiary/aromatic N) is 1. The monoisotopic (exact) mass is 425 g/mol. The van der Waals surface area contributed by atoms with Crippen molar-refractivity contribution in [3.05, 3.63) is 70.8 Å². The van der Waals surface area contributed by atoms with E-state index in [1.165, 1.54) is 0 Å². The molecular weight excluding hydrogens is 390 g/mol. The van der Waals surface area contributed by atoms with Gasteiger partial charge in [-0.3, -0.25) is 14.5 Å². The Labute approximate surface area is 186 Å². The Morgan fingerprint density at radius 3 is 1.90 bits per heavy atom. The first-order valence-electron chi connectivity index (χ1n) is 11.2. The number of carbonyl (C=O) groups is 2. The number of esters is 2. The van der Waals surface area contributed by atoms with E-state index in [9.17, 15) is 9.59 Å². The third-order valence-electron chi connectivity index (χ3n) is 4.95. The first-order valence-corrected chi connectivity index (χ1v) is 11.2. The number of carbonyl (C=O) groups excluding carboxylic acids is 2. The van der Waals surface area contributed by atoms with Crippen molar-refractivity contribution < 1.29 is 19.1 Å². The standard InChI is InChI=1S/C26H35NO4/c1-4-13-27(14-5-2)15-16-30-25(28)18-22-9-11-23(12-10-22)19-26(29)31-20-24-8-6-7-21(3)17-24/h6-12,17H,4-5,13-16,18-20H2,1-3H3. The predicted molar refractivity (Wildman–Crippen MR) is 123 cm³/mol. The zero-order valence-electron chi connectivity index (χ0n) is 19.1. The summed E-state index contributed by atoms with van der Waals surface area (Å²) in [5.41, 5.74) is 3.86. The average Bonchev–Trinajstić information content (AvgIpc) is 2.74. The Morgan fingerprint density at radius 1 is 0.774 bits per heavy atom. The molecule has 0 aliphatic heterocycles. The zero-order valence-corrected chi connectivity index (χ0v) is 19.1. The van der Waals surface area contributed by atoms with Gasteiger partial charge in [0, 0.05) is 6.54 Å². The fourth-order valence-electron chi connectivity index (χ4n) is 3.43. The van der Waals surface area contributed by atoms with Gasteiger partial charge in [0.2, 0.25) is 0 Å². The molecule has 0 heterocycles. The lowest BCUT2D eigenvalue weighted by Gasteiger charge is -2.20. The van der Waals surface area contributed by atoms with Crippen molar-refractivity contribution in [2.75, 3.05) is 26.2 Å². The minimum absolute atomic E-state index is 0.210. The molecular formula is C26H35NO4. The molecule has 0 N–H and O–H groups in total. The second-order valence-electron chi connectivity index (χ2n) is 7.88. The summed E-state index contributed by atoms with van der Waals surface area (Å²) < 4.78 is 10.8. The van der Waals surface area contributed by atoms with Crippen molar-refractivity contribution in [2.24, 2.45) is 0 Å². The summed E-state index contributed by atoms with van der Waals surface area (Å²) in [6.45, 7) is 9.85. The van der Waals surface area contributed by atoms with Gasteiger partial charge in [-0.25, -0.2) is 0 Å². The van der Waals surface area contributed by atoms with Gasteiger partial charge >= 0.3 is 11.9 Å². The third kappa shape index (κ3) is 9.79.